The average molecular weight is 417 g/mol. The Hall–Kier alpha value is -3.41. The number of nitrogens with zero attached hydrogens (tertiary/aromatic N) is 2. The minimum absolute atomic E-state index is 0.0519. The van der Waals surface area contributed by atoms with Crippen molar-refractivity contribution in [3.05, 3.63) is 65.9 Å². The Morgan fingerprint density at radius 2 is 1.97 bits per heavy atom. The predicted molar refractivity (Wildman–Crippen MR) is 124 cm³/mol. The van der Waals surface area contributed by atoms with Crippen LogP contribution in [0.4, 0.5) is 11.4 Å². The van der Waals surface area contributed by atoms with Crippen molar-refractivity contribution in [1.29, 1.82) is 0 Å². The maximum Gasteiger partial charge on any atom is 0.247 e. The minimum Gasteiger partial charge on any atom is -0.398 e. The second-order valence-electron chi connectivity index (χ2n) is 8.16. The number of rotatable bonds is 6. The van der Waals surface area contributed by atoms with Gasteiger partial charge in [-0.3, -0.25) is 14.6 Å². The lowest BCUT2D eigenvalue weighted by molar-refractivity contribution is -0.136. The molecule has 2 aromatic carbocycles. The molecule has 1 atom stereocenters. The van der Waals surface area contributed by atoms with Crippen LogP contribution >= 0.6 is 0 Å². The third-order valence-electron chi connectivity index (χ3n) is 5.81. The molecule has 6 nitrogen and oxygen atoms in total. The fourth-order valence-corrected chi connectivity index (χ4v) is 4.26. The van der Waals surface area contributed by atoms with Crippen molar-refractivity contribution in [2.75, 3.05) is 17.6 Å². The summed E-state index contributed by atoms with van der Waals surface area (Å²) in [6, 6.07) is 17.1. The van der Waals surface area contributed by atoms with E-state index in [0.29, 0.717) is 30.8 Å². The number of pyridine rings is 1. The topological polar surface area (TPSA) is 88.3 Å². The van der Waals surface area contributed by atoms with E-state index in [9.17, 15) is 9.59 Å². The smallest absolute Gasteiger partial charge is 0.247 e. The Labute approximate surface area is 182 Å². The molecule has 2 amide bonds. The predicted octanol–water partition coefficient (Wildman–Crippen LogP) is 4.08. The Balaban J connectivity index is 1.38. The molecule has 31 heavy (non-hydrogen) atoms. The van der Waals surface area contributed by atoms with Crippen LogP contribution in [0.3, 0.4) is 0 Å². The van der Waals surface area contributed by atoms with Crippen LogP contribution in [0, 0.1) is 6.92 Å². The van der Waals surface area contributed by atoms with Gasteiger partial charge in [-0.2, -0.15) is 0 Å². The number of aryl methyl sites for hydroxylation is 2. The van der Waals surface area contributed by atoms with Gasteiger partial charge in [-0.25, -0.2) is 0 Å². The van der Waals surface area contributed by atoms with Gasteiger partial charge in [0.15, 0.2) is 0 Å². The van der Waals surface area contributed by atoms with E-state index in [1.165, 1.54) is 5.56 Å². The lowest BCUT2D eigenvalue weighted by Gasteiger charge is -2.24. The molecule has 4 rings (SSSR count). The number of anilines is 2. The van der Waals surface area contributed by atoms with E-state index in [0.717, 1.165) is 35.9 Å². The Kier molecular flexibility index (Phi) is 6.16. The monoisotopic (exact) mass is 416 g/mol. The number of carbonyl (C=O) groups is 2. The third-order valence-corrected chi connectivity index (χ3v) is 5.81. The number of hydrogen-bond acceptors (Lipinski definition) is 4. The summed E-state index contributed by atoms with van der Waals surface area (Å²) >= 11 is 0. The molecule has 1 unspecified atom stereocenters. The number of amides is 2. The van der Waals surface area contributed by atoms with Crippen LogP contribution in [0.2, 0.25) is 0 Å². The van der Waals surface area contributed by atoms with Gasteiger partial charge in [0.25, 0.3) is 0 Å². The molecule has 1 saturated heterocycles. The molecule has 1 aromatic heterocycles. The highest BCUT2D eigenvalue weighted by Gasteiger charge is 2.33. The normalized spacial score (nSPS) is 15.9. The maximum absolute atomic E-state index is 12.9. The highest BCUT2D eigenvalue weighted by Crippen LogP contribution is 2.26. The summed E-state index contributed by atoms with van der Waals surface area (Å²) in [5.41, 5.74) is 10.3. The van der Waals surface area contributed by atoms with E-state index in [1.807, 2.05) is 49.4 Å². The molecule has 6 heteroatoms. The molecular weight excluding hydrogens is 388 g/mol. The molecule has 3 N–H and O–H groups in total. The second kappa shape index (κ2) is 9.16. The van der Waals surface area contributed by atoms with E-state index < -0.39 is 6.04 Å². The fraction of sp³-hybridized carbons (Fsp3) is 0.320. The molecule has 2 heterocycles. The molecule has 1 aliphatic rings. The number of nitrogen functional groups attached to an aromatic ring is 1. The number of hydrogen-bond donors (Lipinski definition) is 2. The fourth-order valence-electron chi connectivity index (χ4n) is 4.26. The zero-order valence-corrected chi connectivity index (χ0v) is 17.8. The van der Waals surface area contributed by atoms with Crippen LogP contribution in [0.25, 0.3) is 10.9 Å². The number of likely N-dealkylation sites (tertiary alicyclic amines) is 1. The van der Waals surface area contributed by atoms with Gasteiger partial charge >= 0.3 is 0 Å². The van der Waals surface area contributed by atoms with Crippen molar-refractivity contribution in [3.63, 3.8) is 0 Å². The van der Waals surface area contributed by atoms with Crippen molar-refractivity contribution in [2.24, 2.45) is 0 Å². The molecule has 0 spiro atoms. The highest BCUT2D eigenvalue weighted by molar-refractivity contribution is 6.00. The molecule has 160 valence electrons. The molecule has 0 saturated carbocycles. The van der Waals surface area contributed by atoms with Crippen LogP contribution in [-0.4, -0.2) is 34.3 Å². The van der Waals surface area contributed by atoms with E-state index >= 15 is 0 Å². The summed E-state index contributed by atoms with van der Waals surface area (Å²) in [7, 11) is 0. The van der Waals surface area contributed by atoms with Crippen molar-refractivity contribution in [2.45, 2.75) is 45.1 Å². The van der Waals surface area contributed by atoms with E-state index in [4.69, 9.17) is 5.73 Å². The number of benzene rings is 2. The molecule has 1 fully saturated rings. The van der Waals surface area contributed by atoms with Gasteiger partial charge in [-0.15, -0.1) is 0 Å². The number of nitrogens with one attached hydrogen (secondary N) is 1. The first-order valence-electron chi connectivity index (χ1n) is 10.8. The summed E-state index contributed by atoms with van der Waals surface area (Å²) in [5, 5.41) is 3.78. The highest BCUT2D eigenvalue weighted by atomic mass is 16.2. The zero-order chi connectivity index (χ0) is 21.8. The SMILES string of the molecule is Cc1cc(N)c2cc(NC(=O)C3CCCN3C(=O)CCCc3ccccc3)ccc2n1. The van der Waals surface area contributed by atoms with Gasteiger partial charge in [0.2, 0.25) is 11.8 Å². The first-order valence-corrected chi connectivity index (χ1v) is 10.8. The Bertz CT molecular complexity index is 1100. The molecule has 0 aliphatic carbocycles. The number of aromatic nitrogens is 1. The molecule has 1 aliphatic heterocycles. The molecule has 3 aromatic rings. The summed E-state index contributed by atoms with van der Waals surface area (Å²) < 4.78 is 0. The van der Waals surface area contributed by atoms with Gasteiger partial charge in [0, 0.05) is 35.4 Å². The largest absolute Gasteiger partial charge is 0.398 e. The quantitative estimate of drug-likeness (QED) is 0.634. The third kappa shape index (κ3) is 4.85. The number of fused-ring (bicyclic) bond motifs is 1. The zero-order valence-electron chi connectivity index (χ0n) is 17.8. The summed E-state index contributed by atoms with van der Waals surface area (Å²) in [6.45, 7) is 2.53. The lowest BCUT2D eigenvalue weighted by Crippen LogP contribution is -2.43. The van der Waals surface area contributed by atoms with E-state index in [1.54, 1.807) is 4.90 Å². The van der Waals surface area contributed by atoms with Crippen molar-refractivity contribution in [3.8, 4) is 0 Å². The Morgan fingerprint density at radius 3 is 2.77 bits per heavy atom. The minimum atomic E-state index is -0.423. The summed E-state index contributed by atoms with van der Waals surface area (Å²) in [6.07, 6.45) is 3.63. The van der Waals surface area contributed by atoms with E-state index in [2.05, 4.69) is 22.4 Å². The van der Waals surface area contributed by atoms with Crippen LogP contribution in [0.15, 0.2) is 54.6 Å². The first-order chi connectivity index (χ1) is 15.0. The van der Waals surface area contributed by atoms with Crippen LogP contribution < -0.4 is 11.1 Å². The van der Waals surface area contributed by atoms with Gasteiger partial charge < -0.3 is 16.0 Å². The van der Waals surface area contributed by atoms with Gasteiger partial charge in [-0.1, -0.05) is 30.3 Å². The molecule has 0 bridgehead atoms. The van der Waals surface area contributed by atoms with Gasteiger partial charge in [0.05, 0.1) is 5.52 Å². The molecular formula is C25H28N4O2. The van der Waals surface area contributed by atoms with Crippen molar-refractivity contribution in [1.82, 2.24) is 9.88 Å². The second-order valence-corrected chi connectivity index (χ2v) is 8.16. The van der Waals surface area contributed by atoms with E-state index in [-0.39, 0.29) is 11.8 Å². The Morgan fingerprint density at radius 1 is 1.16 bits per heavy atom. The number of carbonyl (C=O) groups excluding carboxylic acids is 2. The molecule has 0 radical (unpaired) electrons. The van der Waals surface area contributed by atoms with Crippen molar-refractivity contribution >= 4 is 34.1 Å². The summed E-state index contributed by atoms with van der Waals surface area (Å²) in [4.78, 5) is 31.9. The first kappa shape index (κ1) is 20.8. The van der Waals surface area contributed by atoms with Crippen LogP contribution in [-0.2, 0) is 16.0 Å². The maximum atomic E-state index is 12.9. The lowest BCUT2D eigenvalue weighted by atomic mass is 10.1. The standard InChI is InChI=1S/C25H28N4O2/c1-17-15-21(26)20-16-19(12-13-22(20)27-17)28-25(31)23-10-6-14-29(23)24(30)11-5-9-18-7-3-2-4-8-18/h2-4,7-8,12-13,15-16,23H,5-6,9-11,14H2,1H3,(H2,26,27)(H,28,31). The van der Waals surface area contributed by atoms with Crippen molar-refractivity contribution < 1.29 is 9.59 Å². The average Bonchev–Trinajstić information content (AvgIpc) is 3.25. The van der Waals surface area contributed by atoms with Gasteiger partial charge in [-0.05, 0) is 62.4 Å². The summed E-state index contributed by atoms with van der Waals surface area (Å²) in [5.74, 6) is -0.0945. The number of nitrogens with two attached hydrogens (primary N) is 1. The van der Waals surface area contributed by atoms with Crippen LogP contribution in [0.5, 0.6) is 0 Å². The van der Waals surface area contributed by atoms with Gasteiger partial charge in [0.1, 0.15) is 6.04 Å². The van der Waals surface area contributed by atoms with Crippen LogP contribution in [0.1, 0.15) is 36.9 Å².